The van der Waals surface area contributed by atoms with Crippen molar-refractivity contribution < 1.29 is 0 Å². The fraction of sp³-hybridized carbons (Fsp3) is 0.264. The standard InChI is InChI=1S/C33H31ClN2.C20H22ClN/c1-19(2)22-11-13-28(29(16-22)20(3)4)33-30-17-24(34)12-14-27(30)31(36-33)18-25-15-23-10-9-21-7-5-6-8-26(21)32(23)35-25;1-12(2)14-6-8-17(18(9-14)13(3)4)20-19-10-16(21)7-5-15(19)11-22-20/h5-8,11-20,35H,9-10H2,1-4H3;5-13,22H,1-4H3. The number of hydrogen-bond acceptors (Lipinski definition) is 1. The number of nitrogens with zero attached hydrogens (tertiary/aromatic N) is 1. The molecule has 0 unspecified atom stereocenters. The van der Waals surface area contributed by atoms with Gasteiger partial charge < -0.3 is 9.97 Å². The van der Waals surface area contributed by atoms with Crippen LogP contribution in [0.3, 0.4) is 0 Å². The molecule has 1 aliphatic heterocycles. The average Bonchev–Trinajstić information content (AvgIpc) is 3.92. The van der Waals surface area contributed by atoms with Crippen molar-refractivity contribution in [1.29, 1.82) is 0 Å². The lowest BCUT2D eigenvalue weighted by Crippen LogP contribution is -2.07. The van der Waals surface area contributed by atoms with Gasteiger partial charge in [0.25, 0.3) is 0 Å². The highest BCUT2D eigenvalue weighted by Crippen LogP contribution is 2.40. The topological polar surface area (TPSA) is 43.9 Å². The maximum atomic E-state index is 6.49. The Kier molecular flexibility index (Phi) is 11.1. The van der Waals surface area contributed by atoms with Crippen molar-refractivity contribution in [3.63, 3.8) is 0 Å². The first-order valence-corrected chi connectivity index (χ1v) is 21.6. The molecule has 5 heteroatoms. The van der Waals surface area contributed by atoms with Crippen LogP contribution in [0.2, 0.25) is 10.0 Å². The second-order valence-electron chi connectivity index (χ2n) is 17.2. The van der Waals surface area contributed by atoms with Gasteiger partial charge in [-0.2, -0.15) is 0 Å². The van der Waals surface area contributed by atoms with Crippen LogP contribution >= 0.6 is 23.2 Å². The highest BCUT2D eigenvalue weighted by Gasteiger charge is 2.26. The van der Waals surface area contributed by atoms with Gasteiger partial charge in [-0.05, 0) is 112 Å². The number of aromatic nitrogens is 2. The number of hydrogen-bond donors (Lipinski definition) is 2. The Morgan fingerprint density at radius 3 is 1.88 bits per heavy atom. The van der Waals surface area contributed by atoms with Gasteiger partial charge in [0.1, 0.15) is 0 Å². The third kappa shape index (κ3) is 7.75. The zero-order valence-electron chi connectivity index (χ0n) is 34.9. The molecule has 0 radical (unpaired) electrons. The third-order valence-corrected chi connectivity index (χ3v) is 12.3. The van der Waals surface area contributed by atoms with Gasteiger partial charge in [-0.25, -0.2) is 4.99 Å². The second kappa shape index (κ2) is 16.3. The van der Waals surface area contributed by atoms with Gasteiger partial charge in [0, 0.05) is 60.8 Å². The van der Waals surface area contributed by atoms with Crippen LogP contribution in [0.15, 0.2) is 114 Å². The molecule has 0 saturated heterocycles. The Morgan fingerprint density at radius 2 is 1.17 bits per heavy atom. The highest BCUT2D eigenvalue weighted by atomic mass is 35.5. The van der Waals surface area contributed by atoms with Crippen molar-refractivity contribution in [1.82, 2.24) is 9.97 Å². The third-order valence-electron chi connectivity index (χ3n) is 11.8. The molecule has 0 saturated carbocycles. The van der Waals surface area contributed by atoms with Gasteiger partial charge in [-0.15, -0.1) is 0 Å². The van der Waals surface area contributed by atoms with Crippen LogP contribution < -0.4 is 0 Å². The summed E-state index contributed by atoms with van der Waals surface area (Å²) in [5, 5.41) is 3.89. The number of nitrogens with one attached hydrogen (secondary N) is 2. The predicted molar refractivity (Wildman–Crippen MR) is 250 cm³/mol. The van der Waals surface area contributed by atoms with E-state index >= 15 is 0 Å². The van der Waals surface area contributed by atoms with E-state index < -0.39 is 0 Å². The number of H-pyrrole nitrogens is 2. The summed E-state index contributed by atoms with van der Waals surface area (Å²) in [4.78, 5) is 12.4. The molecule has 0 amide bonds. The molecule has 2 aromatic heterocycles. The lowest BCUT2D eigenvalue weighted by Gasteiger charge is -2.17. The Bertz CT molecular complexity index is 2720. The van der Waals surface area contributed by atoms with Crippen molar-refractivity contribution in [3.8, 4) is 22.5 Å². The fourth-order valence-corrected chi connectivity index (χ4v) is 8.87. The SMILES string of the molecule is CC(C)c1ccc(-c2[nH]cc3ccc(Cl)cc23)c(C(C)C)c1.CC(C)c1ccc(C2=NC(=Cc3cc4c([nH]3)-c3ccccc3CC4)c3ccc(Cl)cc32)c(C(C)C)c1. The summed E-state index contributed by atoms with van der Waals surface area (Å²) in [5.74, 6) is 1.91. The second-order valence-corrected chi connectivity index (χ2v) is 18.0. The van der Waals surface area contributed by atoms with Crippen LogP contribution in [0.1, 0.15) is 135 Å². The largest absolute Gasteiger partial charge is 0.360 e. The van der Waals surface area contributed by atoms with Crippen molar-refractivity contribution in [2.24, 2.45) is 4.99 Å². The molecule has 0 spiro atoms. The molecule has 0 fully saturated rings. The number of halogens is 2. The quantitative estimate of drug-likeness (QED) is 0.161. The summed E-state index contributed by atoms with van der Waals surface area (Å²) in [5.41, 5.74) is 19.8. The predicted octanol–water partition coefficient (Wildman–Crippen LogP) is 15.8. The molecule has 9 rings (SSSR count). The highest BCUT2D eigenvalue weighted by molar-refractivity contribution is 6.32. The van der Waals surface area contributed by atoms with E-state index in [1.165, 1.54) is 66.5 Å². The van der Waals surface area contributed by atoms with E-state index in [0.717, 1.165) is 56.8 Å². The van der Waals surface area contributed by atoms with Crippen LogP contribution in [0.25, 0.3) is 45.1 Å². The number of aryl methyl sites for hydroxylation is 2. The smallest absolute Gasteiger partial charge is 0.0792 e. The molecule has 2 N–H and O–H groups in total. The summed E-state index contributed by atoms with van der Waals surface area (Å²) in [6.45, 7) is 18.0. The van der Waals surface area contributed by atoms with E-state index in [-0.39, 0.29) is 0 Å². The van der Waals surface area contributed by atoms with E-state index in [4.69, 9.17) is 28.2 Å². The first kappa shape index (κ1) is 39.7. The molecule has 1 aliphatic carbocycles. The molecule has 294 valence electrons. The molecule has 0 bridgehead atoms. The van der Waals surface area contributed by atoms with E-state index in [1.54, 1.807) is 0 Å². The monoisotopic (exact) mass is 801 g/mol. The fourth-order valence-electron chi connectivity index (χ4n) is 8.53. The molecule has 5 aromatic carbocycles. The van der Waals surface area contributed by atoms with Crippen molar-refractivity contribution in [3.05, 3.63) is 175 Å². The normalized spacial score (nSPS) is 14.0. The average molecular weight is 803 g/mol. The first-order chi connectivity index (χ1) is 27.9. The van der Waals surface area contributed by atoms with Crippen LogP contribution in [0, 0.1) is 0 Å². The summed E-state index contributed by atoms with van der Waals surface area (Å²) in [7, 11) is 0. The van der Waals surface area contributed by atoms with Crippen LogP contribution in [-0.4, -0.2) is 15.7 Å². The van der Waals surface area contributed by atoms with E-state index in [9.17, 15) is 0 Å². The molecule has 3 heterocycles. The summed E-state index contributed by atoms with van der Waals surface area (Å²) >= 11 is 12.7. The summed E-state index contributed by atoms with van der Waals surface area (Å²) in [6, 6.07) is 36.9. The summed E-state index contributed by atoms with van der Waals surface area (Å²) in [6.07, 6.45) is 6.40. The molecular formula is C53H53Cl2N3. The van der Waals surface area contributed by atoms with Gasteiger partial charge in [-0.3, -0.25) is 0 Å². The van der Waals surface area contributed by atoms with Crippen LogP contribution in [-0.2, 0) is 12.8 Å². The van der Waals surface area contributed by atoms with Gasteiger partial charge in [0.2, 0.25) is 0 Å². The van der Waals surface area contributed by atoms with Crippen molar-refractivity contribution >= 4 is 51.5 Å². The molecular weight excluding hydrogens is 750 g/mol. The number of benzene rings is 5. The zero-order chi connectivity index (χ0) is 40.8. The van der Waals surface area contributed by atoms with E-state index in [2.05, 4.69) is 163 Å². The molecule has 2 aliphatic rings. The minimum Gasteiger partial charge on any atom is -0.360 e. The molecule has 7 aromatic rings. The zero-order valence-corrected chi connectivity index (χ0v) is 36.4. The number of aromatic amines is 2. The molecule has 58 heavy (non-hydrogen) atoms. The lowest BCUT2D eigenvalue weighted by molar-refractivity contribution is 0.832. The van der Waals surface area contributed by atoms with Gasteiger partial charge >= 0.3 is 0 Å². The van der Waals surface area contributed by atoms with Crippen molar-refractivity contribution in [2.45, 2.75) is 91.9 Å². The minimum atomic E-state index is 0.396. The van der Waals surface area contributed by atoms with E-state index in [0.29, 0.717) is 23.7 Å². The van der Waals surface area contributed by atoms with Crippen LogP contribution in [0.5, 0.6) is 0 Å². The first-order valence-electron chi connectivity index (χ1n) is 20.8. The Morgan fingerprint density at radius 1 is 0.552 bits per heavy atom. The number of rotatable bonds is 7. The Labute approximate surface area is 354 Å². The maximum absolute atomic E-state index is 6.49. The molecule has 0 atom stereocenters. The molecule has 3 nitrogen and oxygen atoms in total. The summed E-state index contributed by atoms with van der Waals surface area (Å²) < 4.78 is 0. The Balaban J connectivity index is 0.000000183. The van der Waals surface area contributed by atoms with E-state index in [1.807, 2.05) is 18.2 Å². The van der Waals surface area contributed by atoms with Gasteiger partial charge in [0.15, 0.2) is 0 Å². The van der Waals surface area contributed by atoms with Crippen molar-refractivity contribution in [2.75, 3.05) is 0 Å². The minimum absolute atomic E-state index is 0.396. The van der Waals surface area contributed by atoms with Gasteiger partial charge in [0.05, 0.1) is 17.1 Å². The Hall–Kier alpha value is -5.09. The maximum Gasteiger partial charge on any atom is 0.0792 e. The van der Waals surface area contributed by atoms with Gasteiger partial charge in [-0.1, -0.05) is 151 Å². The van der Waals surface area contributed by atoms with Crippen LogP contribution in [0.4, 0.5) is 0 Å². The lowest BCUT2D eigenvalue weighted by atomic mass is 9.87. The number of aliphatic imine (C=N–C) groups is 1. The number of fused-ring (bicyclic) bond motifs is 5.